The predicted molar refractivity (Wildman–Crippen MR) is 57.2 cm³/mol. The first-order valence-corrected chi connectivity index (χ1v) is 5.27. The summed E-state index contributed by atoms with van der Waals surface area (Å²) < 4.78 is 23.9. The van der Waals surface area contributed by atoms with Gasteiger partial charge in [-0.1, -0.05) is 13.8 Å². The van der Waals surface area contributed by atoms with Gasteiger partial charge in [-0.05, 0) is 19.5 Å². The molecule has 0 saturated carbocycles. The molecule has 2 N–H and O–H groups in total. The van der Waals surface area contributed by atoms with Crippen LogP contribution in [0.15, 0.2) is 0 Å². The lowest BCUT2D eigenvalue weighted by Gasteiger charge is -2.20. The SMILES string of the molecule is CC(C)CNCC(O)CN(C)CC(F)F. The molecule has 0 aromatic rings. The molecular formula is C10H22F2N2O. The molecular weight excluding hydrogens is 202 g/mol. The lowest BCUT2D eigenvalue weighted by atomic mass is 10.2. The molecule has 5 heteroatoms. The molecule has 0 heterocycles. The summed E-state index contributed by atoms with van der Waals surface area (Å²) in [6.07, 6.45) is -2.93. The first-order chi connectivity index (χ1) is 6.91. The standard InChI is InChI=1S/C10H22F2N2O/c1-8(2)4-13-5-9(15)6-14(3)7-10(11)12/h8-10,13,15H,4-7H2,1-3H3. The van der Waals surface area contributed by atoms with E-state index in [1.165, 1.54) is 4.90 Å². The van der Waals surface area contributed by atoms with Crippen molar-refractivity contribution in [3.63, 3.8) is 0 Å². The Kier molecular flexibility index (Phi) is 7.82. The first-order valence-electron chi connectivity index (χ1n) is 5.27. The minimum absolute atomic E-state index is 0.273. The lowest BCUT2D eigenvalue weighted by molar-refractivity contribution is 0.0679. The van der Waals surface area contributed by atoms with Crippen LogP contribution >= 0.6 is 0 Å². The normalized spacial score (nSPS) is 14.2. The van der Waals surface area contributed by atoms with E-state index < -0.39 is 12.5 Å². The average molecular weight is 224 g/mol. The Morgan fingerprint density at radius 2 is 1.80 bits per heavy atom. The third-order valence-electron chi connectivity index (χ3n) is 1.90. The van der Waals surface area contributed by atoms with Gasteiger partial charge in [0.05, 0.1) is 12.6 Å². The van der Waals surface area contributed by atoms with Crippen LogP contribution in [0.2, 0.25) is 0 Å². The topological polar surface area (TPSA) is 35.5 Å². The third kappa shape index (κ3) is 10.0. The Labute approximate surface area is 90.5 Å². The van der Waals surface area contributed by atoms with Gasteiger partial charge in [0.2, 0.25) is 0 Å². The Hall–Kier alpha value is -0.260. The van der Waals surface area contributed by atoms with E-state index in [0.29, 0.717) is 12.5 Å². The Bertz CT molecular complexity index is 156. The van der Waals surface area contributed by atoms with Crippen molar-refractivity contribution >= 4 is 0 Å². The van der Waals surface area contributed by atoms with Gasteiger partial charge in [0.15, 0.2) is 0 Å². The van der Waals surface area contributed by atoms with Gasteiger partial charge in [-0.2, -0.15) is 0 Å². The molecule has 0 spiro atoms. The summed E-state index contributed by atoms with van der Waals surface area (Å²) in [5, 5.41) is 12.6. The number of hydrogen-bond donors (Lipinski definition) is 2. The van der Waals surface area contributed by atoms with Crippen molar-refractivity contribution in [3.8, 4) is 0 Å². The molecule has 0 aromatic heterocycles. The van der Waals surface area contributed by atoms with Crippen molar-refractivity contribution in [2.45, 2.75) is 26.4 Å². The molecule has 0 aromatic carbocycles. The summed E-state index contributed by atoms with van der Waals surface area (Å²) >= 11 is 0. The minimum Gasteiger partial charge on any atom is -0.390 e. The lowest BCUT2D eigenvalue weighted by Crippen LogP contribution is -2.39. The predicted octanol–water partition coefficient (Wildman–Crippen LogP) is 0.790. The molecule has 1 unspecified atom stereocenters. The van der Waals surface area contributed by atoms with Crippen LogP contribution in [-0.2, 0) is 0 Å². The van der Waals surface area contributed by atoms with Crippen molar-refractivity contribution in [1.82, 2.24) is 10.2 Å². The van der Waals surface area contributed by atoms with Crippen LogP contribution in [-0.4, -0.2) is 55.8 Å². The first kappa shape index (κ1) is 14.7. The van der Waals surface area contributed by atoms with Crippen LogP contribution < -0.4 is 5.32 Å². The van der Waals surface area contributed by atoms with Crippen LogP contribution in [0.25, 0.3) is 0 Å². The summed E-state index contributed by atoms with van der Waals surface area (Å²) in [7, 11) is 1.58. The Morgan fingerprint density at radius 1 is 1.20 bits per heavy atom. The fraction of sp³-hybridized carbons (Fsp3) is 1.00. The zero-order valence-electron chi connectivity index (χ0n) is 9.71. The number of aliphatic hydroxyl groups is 1. The number of likely N-dealkylation sites (N-methyl/N-ethyl adjacent to an activating group) is 1. The number of nitrogens with zero attached hydrogens (tertiary/aromatic N) is 1. The fourth-order valence-electron chi connectivity index (χ4n) is 1.27. The van der Waals surface area contributed by atoms with Crippen LogP contribution in [0.5, 0.6) is 0 Å². The molecule has 0 aliphatic rings. The van der Waals surface area contributed by atoms with E-state index in [9.17, 15) is 13.9 Å². The molecule has 1 atom stereocenters. The van der Waals surface area contributed by atoms with Crippen molar-refractivity contribution < 1.29 is 13.9 Å². The average Bonchev–Trinajstić information content (AvgIpc) is 2.00. The molecule has 0 rings (SSSR count). The maximum absolute atomic E-state index is 12.0. The Balaban J connectivity index is 3.50. The summed E-state index contributed by atoms with van der Waals surface area (Å²) in [6, 6.07) is 0. The van der Waals surface area contributed by atoms with Crippen molar-refractivity contribution in [2.24, 2.45) is 5.92 Å². The number of alkyl halides is 2. The second-order valence-electron chi connectivity index (χ2n) is 4.32. The monoisotopic (exact) mass is 224 g/mol. The molecule has 0 saturated heterocycles. The third-order valence-corrected chi connectivity index (χ3v) is 1.90. The summed E-state index contributed by atoms with van der Waals surface area (Å²) in [5.74, 6) is 0.524. The van der Waals surface area contributed by atoms with Crippen LogP contribution in [0, 0.1) is 5.92 Å². The highest BCUT2D eigenvalue weighted by atomic mass is 19.3. The highest BCUT2D eigenvalue weighted by Gasteiger charge is 2.12. The highest BCUT2D eigenvalue weighted by molar-refractivity contribution is 4.65. The quantitative estimate of drug-likeness (QED) is 0.640. The molecule has 0 aliphatic heterocycles. The Morgan fingerprint density at radius 3 is 2.27 bits per heavy atom. The van der Waals surface area contributed by atoms with Gasteiger partial charge < -0.3 is 10.4 Å². The highest BCUT2D eigenvalue weighted by Crippen LogP contribution is 1.97. The van der Waals surface area contributed by atoms with Gasteiger partial charge in [-0.15, -0.1) is 0 Å². The van der Waals surface area contributed by atoms with Crippen molar-refractivity contribution in [2.75, 3.05) is 33.2 Å². The zero-order chi connectivity index (χ0) is 11.8. The summed E-state index contributed by atoms with van der Waals surface area (Å²) in [4.78, 5) is 1.44. The van der Waals surface area contributed by atoms with Crippen LogP contribution in [0.3, 0.4) is 0 Å². The minimum atomic E-state index is -2.34. The number of rotatable bonds is 8. The molecule has 0 radical (unpaired) electrons. The molecule has 15 heavy (non-hydrogen) atoms. The van der Waals surface area contributed by atoms with Gasteiger partial charge in [-0.3, -0.25) is 4.90 Å². The van der Waals surface area contributed by atoms with Crippen molar-refractivity contribution in [1.29, 1.82) is 0 Å². The van der Waals surface area contributed by atoms with E-state index in [-0.39, 0.29) is 13.1 Å². The second-order valence-corrected chi connectivity index (χ2v) is 4.32. The molecule has 0 fully saturated rings. The van der Waals surface area contributed by atoms with Crippen LogP contribution in [0.1, 0.15) is 13.8 Å². The smallest absolute Gasteiger partial charge is 0.251 e. The van der Waals surface area contributed by atoms with Gasteiger partial charge in [0.25, 0.3) is 6.43 Å². The summed E-state index contributed by atoms with van der Waals surface area (Å²) in [6.45, 7) is 5.41. The number of halogens is 2. The van der Waals surface area contributed by atoms with E-state index in [4.69, 9.17) is 0 Å². The van der Waals surface area contributed by atoms with Crippen molar-refractivity contribution in [3.05, 3.63) is 0 Å². The molecule has 3 nitrogen and oxygen atoms in total. The molecule has 0 bridgehead atoms. The second kappa shape index (κ2) is 7.96. The van der Waals surface area contributed by atoms with E-state index in [0.717, 1.165) is 6.54 Å². The van der Waals surface area contributed by atoms with E-state index in [1.807, 2.05) is 0 Å². The summed E-state index contributed by atoms with van der Waals surface area (Å²) in [5.41, 5.74) is 0. The van der Waals surface area contributed by atoms with Gasteiger partial charge >= 0.3 is 0 Å². The molecule has 0 amide bonds. The maximum Gasteiger partial charge on any atom is 0.251 e. The number of nitrogens with one attached hydrogen (secondary N) is 1. The van der Waals surface area contributed by atoms with Gasteiger partial charge in [-0.25, -0.2) is 8.78 Å². The van der Waals surface area contributed by atoms with Gasteiger partial charge in [0, 0.05) is 13.1 Å². The van der Waals surface area contributed by atoms with E-state index in [1.54, 1.807) is 7.05 Å². The van der Waals surface area contributed by atoms with E-state index in [2.05, 4.69) is 19.2 Å². The van der Waals surface area contributed by atoms with E-state index >= 15 is 0 Å². The van der Waals surface area contributed by atoms with Gasteiger partial charge in [0.1, 0.15) is 0 Å². The fourth-order valence-corrected chi connectivity index (χ4v) is 1.27. The van der Waals surface area contributed by atoms with Crippen LogP contribution in [0.4, 0.5) is 8.78 Å². The number of hydrogen-bond acceptors (Lipinski definition) is 3. The maximum atomic E-state index is 12.0. The largest absolute Gasteiger partial charge is 0.390 e. The zero-order valence-corrected chi connectivity index (χ0v) is 9.71. The number of aliphatic hydroxyl groups excluding tert-OH is 1. The molecule has 92 valence electrons. The molecule has 0 aliphatic carbocycles.